The Hall–Kier alpha value is -2.77. The Morgan fingerprint density at radius 1 is 1.15 bits per heavy atom. The Balaban J connectivity index is 1.99. The summed E-state index contributed by atoms with van der Waals surface area (Å²) in [7, 11) is -2.37. The van der Waals surface area contributed by atoms with Crippen LogP contribution in [0.15, 0.2) is 47.4 Å². The van der Waals surface area contributed by atoms with Crippen molar-refractivity contribution in [2.24, 2.45) is 0 Å². The molecule has 0 saturated heterocycles. The number of hydrogen-bond acceptors (Lipinski definition) is 5. The lowest BCUT2D eigenvalue weighted by Crippen LogP contribution is -2.29. The zero-order valence-electron chi connectivity index (χ0n) is 14.2. The second-order valence-corrected chi connectivity index (χ2v) is 7.14. The van der Waals surface area contributed by atoms with Crippen molar-refractivity contribution in [2.45, 2.75) is 11.1 Å². The molecule has 6 nitrogen and oxygen atoms in total. The van der Waals surface area contributed by atoms with Crippen molar-refractivity contribution in [3.63, 3.8) is 0 Å². The second-order valence-electron chi connectivity index (χ2n) is 5.37. The van der Waals surface area contributed by atoms with Crippen molar-refractivity contribution in [1.82, 2.24) is 4.72 Å². The van der Waals surface area contributed by atoms with Gasteiger partial charge in [0.05, 0.1) is 29.2 Å². The third-order valence-corrected chi connectivity index (χ3v) is 5.00. The van der Waals surface area contributed by atoms with E-state index in [0.717, 1.165) is 12.1 Å². The van der Waals surface area contributed by atoms with E-state index in [0.29, 0.717) is 5.75 Å². The molecule has 0 fully saturated rings. The summed E-state index contributed by atoms with van der Waals surface area (Å²) >= 11 is 0. The van der Waals surface area contributed by atoms with Crippen LogP contribution in [-0.2, 0) is 16.2 Å². The Bertz CT molecular complexity index is 954. The monoisotopic (exact) mass is 399 g/mol. The van der Waals surface area contributed by atoms with Gasteiger partial charge in [-0.05, 0) is 30.3 Å². The molecule has 0 spiro atoms. The lowest BCUT2D eigenvalue weighted by Gasteiger charge is -2.13. The van der Waals surface area contributed by atoms with Crippen molar-refractivity contribution in [3.05, 3.63) is 53.6 Å². The minimum absolute atomic E-state index is 0.0135. The fourth-order valence-corrected chi connectivity index (χ4v) is 3.30. The molecule has 2 aromatic carbocycles. The Morgan fingerprint density at radius 2 is 1.89 bits per heavy atom. The van der Waals surface area contributed by atoms with Crippen molar-refractivity contribution < 1.29 is 26.3 Å². The zero-order chi connectivity index (χ0) is 20.1. The molecule has 2 N–H and O–H groups in total. The highest BCUT2D eigenvalue weighted by atomic mass is 32.2. The van der Waals surface area contributed by atoms with E-state index >= 15 is 0 Å². The van der Waals surface area contributed by atoms with Crippen LogP contribution in [0.4, 0.5) is 18.9 Å². The number of halogens is 3. The summed E-state index contributed by atoms with van der Waals surface area (Å²) in [6, 6.07) is 10.6. The number of nitrogens with zero attached hydrogens (tertiary/aromatic N) is 1. The fourth-order valence-electron chi connectivity index (χ4n) is 2.23. The number of anilines is 1. The molecule has 0 amide bonds. The van der Waals surface area contributed by atoms with Gasteiger partial charge in [-0.1, -0.05) is 6.07 Å². The molecular weight excluding hydrogens is 383 g/mol. The fraction of sp³-hybridized carbons (Fsp3) is 0.235. The molecule has 27 heavy (non-hydrogen) atoms. The average molecular weight is 399 g/mol. The first kappa shape index (κ1) is 20.5. The summed E-state index contributed by atoms with van der Waals surface area (Å²) in [6.45, 7) is -0.00666. The third kappa shape index (κ3) is 5.35. The van der Waals surface area contributed by atoms with Gasteiger partial charge < -0.3 is 10.1 Å². The molecule has 0 radical (unpaired) electrons. The first-order valence-electron chi connectivity index (χ1n) is 7.66. The third-order valence-electron chi connectivity index (χ3n) is 3.54. The largest absolute Gasteiger partial charge is 0.497 e. The second kappa shape index (κ2) is 8.28. The molecule has 0 aliphatic heterocycles. The molecule has 0 saturated carbocycles. The number of methoxy groups -OCH3 is 1. The number of nitriles is 1. The number of alkyl halides is 3. The highest BCUT2D eigenvalue weighted by Crippen LogP contribution is 2.33. The van der Waals surface area contributed by atoms with E-state index in [9.17, 15) is 21.6 Å². The number of sulfonamides is 1. The molecule has 10 heteroatoms. The molecule has 0 atom stereocenters. The minimum Gasteiger partial charge on any atom is -0.497 e. The van der Waals surface area contributed by atoms with Gasteiger partial charge in [0.15, 0.2) is 0 Å². The molecule has 2 aromatic rings. The normalized spacial score (nSPS) is 11.7. The van der Waals surface area contributed by atoms with E-state index in [4.69, 9.17) is 10.00 Å². The van der Waals surface area contributed by atoms with E-state index in [-0.39, 0.29) is 23.7 Å². The van der Waals surface area contributed by atoms with Crippen LogP contribution in [0.25, 0.3) is 0 Å². The lowest BCUT2D eigenvalue weighted by atomic mass is 10.1. The molecule has 2 rings (SSSR count). The number of nitrogens with one attached hydrogen (secondary N) is 2. The molecule has 0 heterocycles. The summed E-state index contributed by atoms with van der Waals surface area (Å²) in [6.07, 6.45) is -4.66. The molecule has 144 valence electrons. The summed E-state index contributed by atoms with van der Waals surface area (Å²) in [5.74, 6) is 0.383. The maximum absolute atomic E-state index is 12.9. The summed E-state index contributed by atoms with van der Waals surface area (Å²) < 4.78 is 70.5. The van der Waals surface area contributed by atoms with Gasteiger partial charge in [-0.25, -0.2) is 13.1 Å². The van der Waals surface area contributed by atoms with Crippen LogP contribution in [0.2, 0.25) is 0 Å². The van der Waals surface area contributed by atoms with E-state index in [1.807, 2.05) is 0 Å². The quantitative estimate of drug-likeness (QED) is 0.699. The number of hydrogen-bond donors (Lipinski definition) is 2. The Morgan fingerprint density at radius 3 is 2.52 bits per heavy atom. The van der Waals surface area contributed by atoms with Gasteiger partial charge in [0.25, 0.3) is 0 Å². The predicted molar refractivity (Wildman–Crippen MR) is 92.8 cm³/mol. The van der Waals surface area contributed by atoms with Crippen molar-refractivity contribution in [1.29, 1.82) is 5.26 Å². The van der Waals surface area contributed by atoms with Crippen LogP contribution in [0.3, 0.4) is 0 Å². The van der Waals surface area contributed by atoms with Crippen LogP contribution < -0.4 is 14.8 Å². The van der Waals surface area contributed by atoms with E-state index in [1.165, 1.54) is 37.4 Å². The van der Waals surface area contributed by atoms with E-state index in [2.05, 4.69) is 10.0 Å². The predicted octanol–water partition coefficient (Wildman–Crippen LogP) is 2.98. The Kier molecular flexibility index (Phi) is 6.30. The van der Waals surface area contributed by atoms with Gasteiger partial charge >= 0.3 is 6.18 Å². The molecule has 0 aromatic heterocycles. The first-order chi connectivity index (χ1) is 12.7. The maximum atomic E-state index is 12.9. The van der Waals surface area contributed by atoms with Gasteiger partial charge in [-0.3, -0.25) is 0 Å². The summed E-state index contributed by atoms with van der Waals surface area (Å²) in [4.78, 5) is 0.0135. The number of rotatable bonds is 7. The summed E-state index contributed by atoms with van der Waals surface area (Å²) in [5.41, 5.74) is -1.40. The van der Waals surface area contributed by atoms with Gasteiger partial charge in [0.2, 0.25) is 10.0 Å². The zero-order valence-corrected chi connectivity index (χ0v) is 15.0. The van der Waals surface area contributed by atoms with Crippen LogP contribution in [0.5, 0.6) is 5.75 Å². The van der Waals surface area contributed by atoms with Crippen LogP contribution in [-0.4, -0.2) is 28.6 Å². The highest BCUT2D eigenvalue weighted by Gasteiger charge is 2.33. The molecule has 0 aliphatic rings. The summed E-state index contributed by atoms with van der Waals surface area (Å²) in [5, 5.41) is 11.5. The van der Waals surface area contributed by atoms with Crippen molar-refractivity contribution >= 4 is 15.7 Å². The minimum atomic E-state index is -4.66. The number of ether oxygens (including phenoxy) is 1. The average Bonchev–Trinajstić information content (AvgIpc) is 2.64. The van der Waals surface area contributed by atoms with E-state index < -0.39 is 27.3 Å². The molecule has 0 aliphatic carbocycles. The first-order valence-corrected chi connectivity index (χ1v) is 9.14. The standard InChI is InChI=1S/C17H16F3N3O3S/c1-26-14-3-2-4-15(10-14)27(24,25)23-8-7-22-13-6-5-12(11-21)16(9-13)17(18,19)20/h2-6,9-10,22-23H,7-8H2,1H3. The SMILES string of the molecule is COc1cccc(S(=O)(=O)NCCNc2ccc(C#N)c(C(F)(F)F)c2)c1. The van der Waals surface area contributed by atoms with Crippen LogP contribution in [0.1, 0.15) is 11.1 Å². The number of benzene rings is 2. The maximum Gasteiger partial charge on any atom is 0.417 e. The lowest BCUT2D eigenvalue weighted by molar-refractivity contribution is -0.137. The molecule has 0 bridgehead atoms. The Labute approximate surface area is 154 Å². The smallest absolute Gasteiger partial charge is 0.417 e. The van der Waals surface area contributed by atoms with Crippen LogP contribution in [0, 0.1) is 11.3 Å². The highest BCUT2D eigenvalue weighted by molar-refractivity contribution is 7.89. The van der Waals surface area contributed by atoms with Gasteiger partial charge in [-0.15, -0.1) is 0 Å². The van der Waals surface area contributed by atoms with Crippen LogP contribution >= 0.6 is 0 Å². The van der Waals surface area contributed by atoms with Gasteiger partial charge in [0, 0.05) is 24.8 Å². The topological polar surface area (TPSA) is 91.2 Å². The van der Waals surface area contributed by atoms with Gasteiger partial charge in [0.1, 0.15) is 5.75 Å². The van der Waals surface area contributed by atoms with E-state index in [1.54, 1.807) is 6.07 Å². The molecule has 0 unspecified atom stereocenters. The molecular formula is C17H16F3N3O3S. The van der Waals surface area contributed by atoms with Gasteiger partial charge in [-0.2, -0.15) is 18.4 Å². The van der Waals surface area contributed by atoms with Crippen molar-refractivity contribution in [2.75, 3.05) is 25.5 Å². The van der Waals surface area contributed by atoms with Crippen molar-refractivity contribution in [3.8, 4) is 11.8 Å².